The summed E-state index contributed by atoms with van der Waals surface area (Å²) in [5.74, 6) is 1.18. The quantitative estimate of drug-likeness (QED) is 0.573. The lowest BCUT2D eigenvalue weighted by atomic mass is 9.84. The van der Waals surface area contributed by atoms with Gasteiger partial charge in [-0.3, -0.25) is 4.79 Å². The van der Waals surface area contributed by atoms with Crippen LogP contribution in [0.3, 0.4) is 0 Å². The molecule has 2 fully saturated rings. The van der Waals surface area contributed by atoms with Gasteiger partial charge in [-0.25, -0.2) is 0 Å². The normalized spacial score (nSPS) is 34.6. The molecule has 2 saturated carbocycles. The predicted octanol–water partition coefficient (Wildman–Crippen LogP) is 3.25. The highest BCUT2D eigenvalue weighted by molar-refractivity contribution is 6.05. The van der Waals surface area contributed by atoms with Crippen LogP contribution in [0.5, 0.6) is 0 Å². The van der Waals surface area contributed by atoms with Gasteiger partial charge < -0.3 is 0 Å². The Kier molecular flexibility index (Phi) is 1.68. The first-order valence-electron chi connectivity index (χ1n) is 6.00. The van der Waals surface area contributed by atoms with Crippen LogP contribution >= 0.6 is 0 Å². The Balaban J connectivity index is 2.02. The van der Waals surface area contributed by atoms with E-state index in [0.717, 1.165) is 5.57 Å². The fourth-order valence-corrected chi connectivity index (χ4v) is 3.64. The summed E-state index contributed by atoms with van der Waals surface area (Å²) in [5, 5.41) is 0. The van der Waals surface area contributed by atoms with E-state index in [1.165, 1.54) is 44.9 Å². The molecule has 0 aromatic rings. The standard InChI is InChI=1S/C13H18O/c1-9-10-5-3-2-4-6-11(10)13(7-8-13)12(9)14/h11H,2-8H2,1H3. The lowest BCUT2D eigenvalue weighted by Crippen LogP contribution is -2.18. The third-order valence-corrected chi connectivity index (χ3v) is 4.59. The van der Waals surface area contributed by atoms with Gasteiger partial charge in [0.15, 0.2) is 5.78 Å². The maximum absolute atomic E-state index is 12.1. The molecule has 0 bridgehead atoms. The zero-order valence-corrected chi connectivity index (χ0v) is 8.94. The van der Waals surface area contributed by atoms with Crippen molar-refractivity contribution in [3.8, 4) is 0 Å². The number of allylic oxidation sites excluding steroid dienone is 2. The molecule has 0 radical (unpaired) electrons. The largest absolute Gasteiger partial charge is 0.294 e. The molecular weight excluding hydrogens is 172 g/mol. The summed E-state index contributed by atoms with van der Waals surface area (Å²) in [6.45, 7) is 2.07. The highest BCUT2D eigenvalue weighted by Crippen LogP contribution is 2.63. The molecule has 76 valence electrons. The molecule has 1 atom stereocenters. The Morgan fingerprint density at radius 3 is 2.71 bits per heavy atom. The van der Waals surface area contributed by atoms with E-state index in [1.807, 2.05) is 0 Å². The minimum Gasteiger partial charge on any atom is -0.294 e. The topological polar surface area (TPSA) is 17.1 Å². The van der Waals surface area contributed by atoms with Gasteiger partial charge in [0.2, 0.25) is 0 Å². The molecule has 0 aromatic heterocycles. The molecule has 0 N–H and O–H groups in total. The molecular formula is C13H18O. The SMILES string of the molecule is CC1=C2CCCCCC2C2(CC2)C1=O. The zero-order chi connectivity index (χ0) is 9.76. The van der Waals surface area contributed by atoms with E-state index in [1.54, 1.807) is 5.57 Å². The van der Waals surface area contributed by atoms with E-state index in [9.17, 15) is 4.79 Å². The van der Waals surface area contributed by atoms with Crippen molar-refractivity contribution in [2.75, 3.05) is 0 Å². The molecule has 1 nitrogen and oxygen atoms in total. The second kappa shape index (κ2) is 2.71. The minimum absolute atomic E-state index is 0.143. The molecule has 1 heteroatoms. The van der Waals surface area contributed by atoms with Crippen molar-refractivity contribution < 1.29 is 4.79 Å². The third kappa shape index (κ3) is 0.933. The van der Waals surface area contributed by atoms with E-state index >= 15 is 0 Å². The highest BCUT2D eigenvalue weighted by atomic mass is 16.1. The molecule has 0 saturated heterocycles. The van der Waals surface area contributed by atoms with Crippen LogP contribution in [0, 0.1) is 11.3 Å². The second-order valence-electron chi connectivity index (χ2n) is 5.29. The van der Waals surface area contributed by atoms with Gasteiger partial charge in [-0.2, -0.15) is 0 Å². The second-order valence-corrected chi connectivity index (χ2v) is 5.29. The van der Waals surface area contributed by atoms with Crippen LogP contribution in [0.4, 0.5) is 0 Å². The van der Waals surface area contributed by atoms with E-state index in [-0.39, 0.29) is 5.41 Å². The number of hydrogen-bond donors (Lipinski definition) is 0. The fourth-order valence-electron chi connectivity index (χ4n) is 3.64. The molecule has 0 aliphatic heterocycles. The van der Waals surface area contributed by atoms with E-state index in [2.05, 4.69) is 6.92 Å². The number of Topliss-reactive ketones (excluding diaryl/α,β-unsaturated/α-hetero) is 1. The molecule has 0 heterocycles. The van der Waals surface area contributed by atoms with Gasteiger partial charge in [-0.1, -0.05) is 18.4 Å². The molecule has 3 rings (SSSR count). The molecule has 3 aliphatic carbocycles. The first-order valence-corrected chi connectivity index (χ1v) is 6.00. The first kappa shape index (κ1) is 8.70. The summed E-state index contributed by atoms with van der Waals surface area (Å²) in [6, 6.07) is 0. The Bertz CT molecular complexity index is 320. The number of ketones is 1. The first-order chi connectivity index (χ1) is 6.76. The van der Waals surface area contributed by atoms with Crippen LogP contribution in [0.2, 0.25) is 0 Å². The fraction of sp³-hybridized carbons (Fsp3) is 0.769. The average Bonchev–Trinajstić information content (AvgIpc) is 2.96. The Hall–Kier alpha value is -0.590. The van der Waals surface area contributed by atoms with Crippen molar-refractivity contribution in [3.63, 3.8) is 0 Å². The summed E-state index contributed by atoms with van der Waals surface area (Å²) in [4.78, 5) is 12.1. The summed E-state index contributed by atoms with van der Waals surface area (Å²) in [7, 11) is 0. The summed E-state index contributed by atoms with van der Waals surface area (Å²) in [6.07, 6.45) is 8.89. The summed E-state index contributed by atoms with van der Waals surface area (Å²) < 4.78 is 0. The van der Waals surface area contributed by atoms with Gasteiger partial charge in [0.1, 0.15) is 0 Å². The number of carbonyl (C=O) groups excluding carboxylic acids is 1. The maximum atomic E-state index is 12.1. The van der Waals surface area contributed by atoms with Crippen molar-refractivity contribution >= 4 is 5.78 Å². The van der Waals surface area contributed by atoms with Crippen LogP contribution in [-0.2, 0) is 4.79 Å². The van der Waals surface area contributed by atoms with Crippen LogP contribution in [0.15, 0.2) is 11.1 Å². The lowest BCUT2D eigenvalue weighted by molar-refractivity contribution is -0.120. The molecule has 14 heavy (non-hydrogen) atoms. The van der Waals surface area contributed by atoms with Crippen molar-refractivity contribution in [1.29, 1.82) is 0 Å². The molecule has 0 aromatic carbocycles. The van der Waals surface area contributed by atoms with Crippen LogP contribution in [0.25, 0.3) is 0 Å². The zero-order valence-electron chi connectivity index (χ0n) is 8.94. The number of rotatable bonds is 0. The highest BCUT2D eigenvalue weighted by Gasteiger charge is 2.60. The molecule has 1 unspecified atom stereocenters. The third-order valence-electron chi connectivity index (χ3n) is 4.59. The van der Waals surface area contributed by atoms with Crippen LogP contribution in [-0.4, -0.2) is 5.78 Å². The van der Waals surface area contributed by atoms with E-state index < -0.39 is 0 Å². The van der Waals surface area contributed by atoms with Gasteiger partial charge in [0.05, 0.1) is 0 Å². The smallest absolute Gasteiger partial charge is 0.165 e. The van der Waals surface area contributed by atoms with Gasteiger partial charge in [-0.15, -0.1) is 0 Å². The monoisotopic (exact) mass is 190 g/mol. The summed E-state index contributed by atoms with van der Waals surface area (Å²) >= 11 is 0. The molecule has 1 spiro atoms. The minimum atomic E-state index is 0.143. The van der Waals surface area contributed by atoms with E-state index in [0.29, 0.717) is 11.7 Å². The van der Waals surface area contributed by atoms with Crippen molar-refractivity contribution in [2.24, 2.45) is 11.3 Å². The maximum Gasteiger partial charge on any atom is 0.165 e. The van der Waals surface area contributed by atoms with Crippen LogP contribution < -0.4 is 0 Å². The van der Waals surface area contributed by atoms with E-state index in [4.69, 9.17) is 0 Å². The number of carbonyl (C=O) groups is 1. The van der Waals surface area contributed by atoms with Crippen molar-refractivity contribution in [1.82, 2.24) is 0 Å². The van der Waals surface area contributed by atoms with Crippen LogP contribution in [0.1, 0.15) is 51.9 Å². The summed E-state index contributed by atoms with van der Waals surface area (Å²) in [5.41, 5.74) is 2.84. The van der Waals surface area contributed by atoms with Gasteiger partial charge in [0.25, 0.3) is 0 Å². The Morgan fingerprint density at radius 2 is 2.00 bits per heavy atom. The number of hydrogen-bond acceptors (Lipinski definition) is 1. The van der Waals surface area contributed by atoms with Gasteiger partial charge in [-0.05, 0) is 50.5 Å². The lowest BCUT2D eigenvalue weighted by Gasteiger charge is -2.18. The van der Waals surface area contributed by atoms with Crippen molar-refractivity contribution in [3.05, 3.63) is 11.1 Å². The number of fused-ring (bicyclic) bond motifs is 2. The van der Waals surface area contributed by atoms with Gasteiger partial charge >= 0.3 is 0 Å². The predicted molar refractivity (Wildman–Crippen MR) is 55.9 cm³/mol. The van der Waals surface area contributed by atoms with Crippen molar-refractivity contribution in [2.45, 2.75) is 51.9 Å². The average molecular weight is 190 g/mol. The van der Waals surface area contributed by atoms with Gasteiger partial charge in [0, 0.05) is 5.41 Å². The molecule has 3 aliphatic rings. The molecule has 0 amide bonds. The Labute approximate surface area is 85.6 Å². The Morgan fingerprint density at radius 1 is 1.21 bits per heavy atom.